The van der Waals surface area contributed by atoms with Crippen molar-refractivity contribution in [3.05, 3.63) is 58.6 Å². The molecule has 5 nitrogen and oxygen atoms in total. The zero-order valence-corrected chi connectivity index (χ0v) is 13.9. The average molecular weight is 342 g/mol. The first kappa shape index (κ1) is 16.8. The van der Waals surface area contributed by atoms with E-state index in [1.54, 1.807) is 19.2 Å². The maximum Gasteiger partial charge on any atom is 0.284 e. The van der Waals surface area contributed by atoms with Crippen molar-refractivity contribution in [1.82, 2.24) is 15.2 Å². The van der Waals surface area contributed by atoms with Crippen LogP contribution in [-0.4, -0.2) is 21.1 Å². The molecule has 2 aromatic heterocycles. The van der Waals surface area contributed by atoms with Crippen LogP contribution in [0.15, 0.2) is 30.4 Å². The van der Waals surface area contributed by atoms with Crippen molar-refractivity contribution in [3.63, 3.8) is 0 Å². The van der Waals surface area contributed by atoms with Crippen LogP contribution in [0, 0.1) is 26.6 Å². The Bertz CT molecular complexity index is 1010. The fourth-order valence-corrected chi connectivity index (χ4v) is 2.49. The van der Waals surface area contributed by atoms with E-state index in [1.165, 1.54) is 12.3 Å². The molecule has 0 aliphatic rings. The first-order valence-electron chi connectivity index (χ1n) is 7.61. The summed E-state index contributed by atoms with van der Waals surface area (Å²) in [5, 5.41) is 9.31. The molecule has 0 radical (unpaired) electrons. The van der Waals surface area contributed by atoms with Crippen LogP contribution in [-0.2, 0) is 4.79 Å². The minimum atomic E-state index is -1.10. The SMILES string of the molecule is Cc1cnc(C)c(NC(=O)/C(F)=C/c2ccc3cn[nH]c3c2F)c1C. The highest BCUT2D eigenvalue weighted by Gasteiger charge is 2.16. The fraction of sp³-hybridized carbons (Fsp3) is 0.167. The summed E-state index contributed by atoms with van der Waals surface area (Å²) in [6.45, 7) is 5.38. The highest BCUT2D eigenvalue weighted by molar-refractivity contribution is 6.05. The third-order valence-corrected chi connectivity index (χ3v) is 4.10. The largest absolute Gasteiger partial charge is 0.318 e. The van der Waals surface area contributed by atoms with Gasteiger partial charge in [-0.25, -0.2) is 8.78 Å². The smallest absolute Gasteiger partial charge is 0.284 e. The van der Waals surface area contributed by atoms with Crippen molar-refractivity contribution in [2.24, 2.45) is 0 Å². The lowest BCUT2D eigenvalue weighted by atomic mass is 10.1. The quantitative estimate of drug-likeness (QED) is 0.708. The van der Waals surface area contributed by atoms with Crippen LogP contribution in [0.3, 0.4) is 0 Å². The number of benzene rings is 1. The molecule has 1 aromatic carbocycles. The number of pyridine rings is 1. The molecule has 3 rings (SSSR count). The van der Waals surface area contributed by atoms with Crippen LogP contribution in [0.5, 0.6) is 0 Å². The first-order chi connectivity index (χ1) is 11.9. The van der Waals surface area contributed by atoms with Crippen molar-refractivity contribution >= 4 is 28.6 Å². The molecule has 2 N–H and O–H groups in total. The van der Waals surface area contributed by atoms with Crippen LogP contribution in [0.25, 0.3) is 17.0 Å². The Kier molecular flexibility index (Phi) is 4.31. The van der Waals surface area contributed by atoms with Crippen LogP contribution in [0.4, 0.5) is 14.5 Å². The number of hydrogen-bond donors (Lipinski definition) is 2. The van der Waals surface area contributed by atoms with Gasteiger partial charge in [-0.15, -0.1) is 0 Å². The Balaban J connectivity index is 1.90. The maximum atomic E-state index is 14.3. The topological polar surface area (TPSA) is 70.7 Å². The molecule has 2 heterocycles. The number of nitrogens with one attached hydrogen (secondary N) is 2. The van der Waals surface area contributed by atoms with Crippen molar-refractivity contribution in [2.75, 3.05) is 5.32 Å². The van der Waals surface area contributed by atoms with Gasteiger partial charge in [-0.05, 0) is 38.0 Å². The molecule has 0 fully saturated rings. The Hall–Kier alpha value is -3.09. The second-order valence-electron chi connectivity index (χ2n) is 5.78. The molecule has 0 bridgehead atoms. The van der Waals surface area contributed by atoms with Crippen molar-refractivity contribution < 1.29 is 13.6 Å². The molecule has 0 aliphatic carbocycles. The number of aromatic nitrogens is 3. The van der Waals surface area contributed by atoms with Gasteiger partial charge in [0, 0.05) is 17.1 Å². The average Bonchev–Trinajstić information content (AvgIpc) is 3.07. The standard InChI is InChI=1S/C18H16F2N4O/c1-9-7-21-11(3)16(10(9)2)23-18(25)14(19)6-12-4-5-13-8-22-24-17(13)15(12)20/h4-8H,1-3H3,(H,22,24)(H,23,25)/b14-6-. The number of fused-ring (bicyclic) bond motifs is 1. The van der Waals surface area contributed by atoms with Gasteiger partial charge in [0.2, 0.25) is 0 Å². The van der Waals surface area contributed by atoms with Gasteiger partial charge in [0.25, 0.3) is 5.91 Å². The third kappa shape index (κ3) is 3.13. The Morgan fingerprint density at radius 3 is 2.76 bits per heavy atom. The zero-order chi connectivity index (χ0) is 18.1. The van der Waals surface area contributed by atoms with Gasteiger partial charge in [-0.3, -0.25) is 14.9 Å². The molecule has 0 spiro atoms. The summed E-state index contributed by atoms with van der Waals surface area (Å²) in [6.07, 6.45) is 4.01. The number of halogens is 2. The molecule has 1 amide bonds. The summed E-state index contributed by atoms with van der Waals surface area (Å²) < 4.78 is 28.6. The van der Waals surface area contributed by atoms with E-state index in [2.05, 4.69) is 20.5 Å². The second kappa shape index (κ2) is 6.43. The summed E-state index contributed by atoms with van der Waals surface area (Å²) >= 11 is 0. The summed E-state index contributed by atoms with van der Waals surface area (Å²) in [5.74, 6) is -2.72. The Morgan fingerprint density at radius 1 is 1.24 bits per heavy atom. The van der Waals surface area contributed by atoms with Gasteiger partial charge >= 0.3 is 0 Å². The van der Waals surface area contributed by atoms with Gasteiger partial charge in [-0.2, -0.15) is 5.10 Å². The number of anilines is 1. The van der Waals surface area contributed by atoms with Crippen LogP contribution in [0.1, 0.15) is 22.4 Å². The number of carbonyl (C=O) groups is 1. The molecule has 128 valence electrons. The third-order valence-electron chi connectivity index (χ3n) is 4.10. The summed E-state index contributed by atoms with van der Waals surface area (Å²) in [7, 11) is 0. The van der Waals surface area contributed by atoms with Gasteiger partial charge in [0.05, 0.1) is 17.6 Å². The van der Waals surface area contributed by atoms with Crippen LogP contribution >= 0.6 is 0 Å². The van der Waals surface area contributed by atoms with E-state index in [0.29, 0.717) is 16.8 Å². The number of H-pyrrole nitrogens is 1. The molecule has 0 unspecified atom stereocenters. The predicted octanol–water partition coefficient (Wildman–Crippen LogP) is 3.97. The van der Waals surface area contributed by atoms with E-state index in [-0.39, 0.29) is 11.1 Å². The second-order valence-corrected chi connectivity index (χ2v) is 5.78. The normalized spacial score (nSPS) is 11.8. The number of nitrogens with zero attached hydrogens (tertiary/aromatic N) is 2. The molecule has 25 heavy (non-hydrogen) atoms. The number of carbonyl (C=O) groups excluding carboxylic acids is 1. The lowest BCUT2D eigenvalue weighted by Crippen LogP contribution is -2.15. The minimum absolute atomic E-state index is 0.0415. The Morgan fingerprint density at radius 2 is 2.00 bits per heavy atom. The van der Waals surface area contributed by atoms with Gasteiger partial charge < -0.3 is 5.32 Å². The van der Waals surface area contributed by atoms with Crippen LogP contribution < -0.4 is 5.32 Å². The highest BCUT2D eigenvalue weighted by atomic mass is 19.1. The maximum absolute atomic E-state index is 14.3. The molecule has 3 aromatic rings. The summed E-state index contributed by atoms with van der Waals surface area (Å²) in [5.41, 5.74) is 2.84. The molecule has 7 heteroatoms. The fourth-order valence-electron chi connectivity index (χ4n) is 2.49. The van der Waals surface area contributed by atoms with E-state index in [9.17, 15) is 13.6 Å². The lowest BCUT2D eigenvalue weighted by Gasteiger charge is -2.12. The number of hydrogen-bond acceptors (Lipinski definition) is 3. The predicted molar refractivity (Wildman–Crippen MR) is 92.2 cm³/mol. The van der Waals surface area contributed by atoms with Crippen molar-refractivity contribution in [2.45, 2.75) is 20.8 Å². The zero-order valence-electron chi connectivity index (χ0n) is 13.9. The molecular weight excluding hydrogens is 326 g/mol. The summed E-state index contributed by atoms with van der Waals surface area (Å²) in [4.78, 5) is 16.3. The van der Waals surface area contributed by atoms with E-state index in [1.807, 2.05) is 13.8 Å². The Labute approximate surface area is 142 Å². The molecule has 0 atom stereocenters. The van der Waals surface area contributed by atoms with E-state index in [4.69, 9.17) is 0 Å². The first-order valence-corrected chi connectivity index (χ1v) is 7.61. The van der Waals surface area contributed by atoms with Crippen molar-refractivity contribution in [3.8, 4) is 0 Å². The molecule has 0 aliphatic heterocycles. The number of amides is 1. The van der Waals surface area contributed by atoms with E-state index < -0.39 is 17.6 Å². The minimum Gasteiger partial charge on any atom is -0.318 e. The van der Waals surface area contributed by atoms with Gasteiger partial charge in [0.15, 0.2) is 11.6 Å². The lowest BCUT2D eigenvalue weighted by molar-refractivity contribution is -0.114. The van der Waals surface area contributed by atoms with E-state index in [0.717, 1.165) is 17.2 Å². The molecular formula is C18H16F2N4O. The highest BCUT2D eigenvalue weighted by Crippen LogP contribution is 2.24. The molecule has 0 saturated carbocycles. The van der Waals surface area contributed by atoms with Gasteiger partial charge in [0.1, 0.15) is 5.52 Å². The number of aryl methyl sites for hydroxylation is 2. The number of rotatable bonds is 3. The van der Waals surface area contributed by atoms with E-state index >= 15 is 0 Å². The molecule has 0 saturated heterocycles. The van der Waals surface area contributed by atoms with Crippen LogP contribution in [0.2, 0.25) is 0 Å². The van der Waals surface area contributed by atoms with Crippen molar-refractivity contribution in [1.29, 1.82) is 0 Å². The summed E-state index contributed by atoms with van der Waals surface area (Å²) in [6, 6.07) is 2.99. The van der Waals surface area contributed by atoms with Gasteiger partial charge in [-0.1, -0.05) is 12.1 Å². The number of aromatic amines is 1. The monoisotopic (exact) mass is 342 g/mol.